The Labute approximate surface area is 148 Å². The largest absolute Gasteiger partial charge is 0.377 e. The average Bonchev–Trinajstić information content (AvgIpc) is 3.28. The molecule has 4 heterocycles. The number of thiazole rings is 1. The van der Waals surface area contributed by atoms with E-state index in [-0.39, 0.29) is 0 Å². The van der Waals surface area contributed by atoms with Gasteiger partial charge in [0.2, 0.25) is 0 Å². The van der Waals surface area contributed by atoms with Gasteiger partial charge in [-0.05, 0) is 35.2 Å². The fourth-order valence-electron chi connectivity index (χ4n) is 3.06. The Morgan fingerprint density at radius 2 is 2.35 bits per heavy atom. The third kappa shape index (κ3) is 3.46. The van der Waals surface area contributed by atoms with Crippen molar-refractivity contribution < 1.29 is 4.74 Å². The minimum absolute atomic E-state index is 0.332. The molecule has 1 fully saturated rings. The molecule has 23 heavy (non-hydrogen) atoms. The number of imidazole rings is 1. The summed E-state index contributed by atoms with van der Waals surface area (Å²) in [4.78, 5) is 7.82. The lowest BCUT2D eigenvalue weighted by Crippen LogP contribution is -2.31. The summed E-state index contributed by atoms with van der Waals surface area (Å²) >= 11 is 9.72. The standard InChI is InChI=1S/C16H18ClN3OS2/c17-15-14(20-4-7-23-16(20)18-15)10-19(8-12-3-6-22-11-12)9-13-2-1-5-21-13/h3-4,6-7,11,13H,1-2,5,8-10H2. The van der Waals surface area contributed by atoms with Gasteiger partial charge >= 0.3 is 0 Å². The van der Waals surface area contributed by atoms with E-state index in [2.05, 4.69) is 31.1 Å². The van der Waals surface area contributed by atoms with E-state index in [1.165, 1.54) is 12.0 Å². The minimum atomic E-state index is 0.332. The van der Waals surface area contributed by atoms with Crippen LogP contribution in [-0.4, -0.2) is 33.5 Å². The molecule has 4 nitrogen and oxygen atoms in total. The first kappa shape index (κ1) is 15.6. The van der Waals surface area contributed by atoms with Crippen molar-refractivity contribution in [2.24, 2.45) is 0 Å². The number of fused-ring (bicyclic) bond motifs is 1. The highest BCUT2D eigenvalue weighted by molar-refractivity contribution is 7.15. The van der Waals surface area contributed by atoms with Crippen LogP contribution in [0.5, 0.6) is 0 Å². The molecule has 122 valence electrons. The highest BCUT2D eigenvalue weighted by atomic mass is 35.5. The fraction of sp³-hybridized carbons (Fsp3) is 0.438. The summed E-state index contributed by atoms with van der Waals surface area (Å²) in [5.41, 5.74) is 2.41. The van der Waals surface area contributed by atoms with Crippen molar-refractivity contribution in [3.8, 4) is 0 Å². The summed E-state index contributed by atoms with van der Waals surface area (Å²) in [5.74, 6) is 0. The number of rotatable bonds is 6. The minimum Gasteiger partial charge on any atom is -0.377 e. The molecule has 1 aliphatic heterocycles. The Bertz CT molecular complexity index is 762. The summed E-state index contributed by atoms with van der Waals surface area (Å²) in [6.07, 6.45) is 4.69. The van der Waals surface area contributed by atoms with Crippen LogP contribution in [0.25, 0.3) is 4.96 Å². The van der Waals surface area contributed by atoms with E-state index in [0.717, 1.165) is 43.3 Å². The number of hydrogen-bond acceptors (Lipinski definition) is 5. The molecule has 0 bridgehead atoms. The molecule has 0 saturated carbocycles. The van der Waals surface area contributed by atoms with Gasteiger partial charge in [-0.15, -0.1) is 11.3 Å². The summed E-state index contributed by atoms with van der Waals surface area (Å²) < 4.78 is 7.93. The van der Waals surface area contributed by atoms with Crippen LogP contribution in [0.1, 0.15) is 24.1 Å². The maximum absolute atomic E-state index is 6.37. The molecule has 1 aliphatic rings. The molecule has 0 radical (unpaired) electrons. The fourth-order valence-corrected chi connectivity index (χ4v) is 4.74. The molecule has 1 saturated heterocycles. The van der Waals surface area contributed by atoms with E-state index in [9.17, 15) is 0 Å². The maximum atomic E-state index is 6.37. The molecule has 0 aromatic carbocycles. The molecular weight excluding hydrogens is 350 g/mol. The zero-order valence-corrected chi connectivity index (χ0v) is 15.0. The molecule has 4 rings (SSSR count). The van der Waals surface area contributed by atoms with Crippen LogP contribution in [0.2, 0.25) is 5.15 Å². The maximum Gasteiger partial charge on any atom is 0.195 e. The van der Waals surface area contributed by atoms with Gasteiger partial charge in [0.15, 0.2) is 10.1 Å². The summed E-state index contributed by atoms with van der Waals surface area (Å²) in [5, 5.41) is 6.99. The number of halogens is 1. The highest BCUT2D eigenvalue weighted by Crippen LogP contribution is 2.24. The van der Waals surface area contributed by atoms with Crippen LogP contribution < -0.4 is 0 Å². The van der Waals surface area contributed by atoms with Crippen molar-refractivity contribution in [2.75, 3.05) is 13.2 Å². The summed E-state index contributed by atoms with van der Waals surface area (Å²) in [6.45, 7) is 3.52. The Balaban J connectivity index is 1.56. The molecule has 3 aromatic heterocycles. The predicted octanol–water partition coefficient (Wildman–Crippen LogP) is 4.29. The number of aromatic nitrogens is 2. The zero-order chi connectivity index (χ0) is 15.6. The quantitative estimate of drug-likeness (QED) is 0.650. The van der Waals surface area contributed by atoms with Gasteiger partial charge in [-0.25, -0.2) is 4.98 Å². The van der Waals surface area contributed by atoms with Gasteiger partial charge in [-0.1, -0.05) is 11.6 Å². The van der Waals surface area contributed by atoms with E-state index < -0.39 is 0 Å². The Hall–Kier alpha value is -0.920. The number of thiophene rings is 1. The predicted molar refractivity (Wildman–Crippen MR) is 95.5 cm³/mol. The third-order valence-corrected chi connectivity index (χ3v) is 5.95. The molecule has 0 amide bonds. The monoisotopic (exact) mass is 367 g/mol. The second-order valence-corrected chi connectivity index (χ2v) is 7.85. The zero-order valence-electron chi connectivity index (χ0n) is 12.7. The Kier molecular flexibility index (Phi) is 4.68. The van der Waals surface area contributed by atoms with Crippen molar-refractivity contribution in [3.63, 3.8) is 0 Å². The number of hydrogen-bond donors (Lipinski definition) is 0. The lowest BCUT2D eigenvalue weighted by atomic mass is 10.2. The van der Waals surface area contributed by atoms with Crippen LogP contribution in [0.4, 0.5) is 0 Å². The SMILES string of the molecule is Clc1nc2sccn2c1CN(Cc1ccsc1)CC1CCCO1. The first-order chi connectivity index (χ1) is 11.3. The van der Waals surface area contributed by atoms with E-state index >= 15 is 0 Å². The molecular formula is C16H18ClN3OS2. The van der Waals surface area contributed by atoms with Gasteiger partial charge < -0.3 is 4.74 Å². The highest BCUT2D eigenvalue weighted by Gasteiger charge is 2.22. The second kappa shape index (κ2) is 6.91. The van der Waals surface area contributed by atoms with Gasteiger partial charge in [0.05, 0.1) is 11.8 Å². The molecule has 7 heteroatoms. The van der Waals surface area contributed by atoms with Crippen LogP contribution in [0.15, 0.2) is 28.4 Å². The smallest absolute Gasteiger partial charge is 0.195 e. The van der Waals surface area contributed by atoms with Crippen LogP contribution in [0.3, 0.4) is 0 Å². The third-order valence-electron chi connectivity index (χ3n) is 4.16. The second-order valence-electron chi connectivity index (χ2n) is 5.84. The van der Waals surface area contributed by atoms with Crippen LogP contribution in [-0.2, 0) is 17.8 Å². The molecule has 3 aromatic rings. The first-order valence-electron chi connectivity index (χ1n) is 7.74. The average molecular weight is 368 g/mol. The van der Waals surface area contributed by atoms with Gasteiger partial charge in [0.25, 0.3) is 0 Å². The van der Waals surface area contributed by atoms with E-state index in [1.807, 2.05) is 11.6 Å². The molecule has 1 atom stereocenters. The molecule has 1 unspecified atom stereocenters. The van der Waals surface area contributed by atoms with Gasteiger partial charge in [0, 0.05) is 37.8 Å². The van der Waals surface area contributed by atoms with Crippen molar-refractivity contribution in [1.29, 1.82) is 0 Å². The van der Waals surface area contributed by atoms with Gasteiger partial charge in [-0.2, -0.15) is 11.3 Å². The lowest BCUT2D eigenvalue weighted by molar-refractivity contribution is 0.0674. The molecule has 0 spiro atoms. The number of ether oxygens (including phenoxy) is 1. The van der Waals surface area contributed by atoms with E-state index in [1.54, 1.807) is 22.7 Å². The summed E-state index contributed by atoms with van der Waals surface area (Å²) in [7, 11) is 0. The Morgan fingerprint density at radius 1 is 1.39 bits per heavy atom. The van der Waals surface area contributed by atoms with Crippen LogP contribution >= 0.6 is 34.3 Å². The van der Waals surface area contributed by atoms with Crippen molar-refractivity contribution in [1.82, 2.24) is 14.3 Å². The van der Waals surface area contributed by atoms with Crippen molar-refractivity contribution >= 4 is 39.2 Å². The molecule has 0 N–H and O–H groups in total. The topological polar surface area (TPSA) is 29.8 Å². The normalized spacial score (nSPS) is 18.4. The first-order valence-corrected chi connectivity index (χ1v) is 9.94. The number of nitrogens with zero attached hydrogens (tertiary/aromatic N) is 3. The summed E-state index contributed by atoms with van der Waals surface area (Å²) in [6, 6.07) is 2.19. The van der Waals surface area contributed by atoms with Gasteiger partial charge in [0.1, 0.15) is 0 Å². The van der Waals surface area contributed by atoms with Crippen molar-refractivity contribution in [3.05, 3.63) is 44.8 Å². The molecule has 0 aliphatic carbocycles. The van der Waals surface area contributed by atoms with Crippen LogP contribution in [0, 0.1) is 0 Å². The van der Waals surface area contributed by atoms with E-state index in [0.29, 0.717) is 11.3 Å². The Morgan fingerprint density at radius 3 is 3.13 bits per heavy atom. The lowest BCUT2D eigenvalue weighted by Gasteiger charge is -2.24. The van der Waals surface area contributed by atoms with Crippen molar-refractivity contribution in [2.45, 2.75) is 32.0 Å². The van der Waals surface area contributed by atoms with E-state index in [4.69, 9.17) is 16.3 Å². The van der Waals surface area contributed by atoms with Gasteiger partial charge in [-0.3, -0.25) is 9.30 Å².